The zero-order valence-corrected chi connectivity index (χ0v) is 7.69. The fourth-order valence-corrected chi connectivity index (χ4v) is 1.14. The first-order valence-corrected chi connectivity index (χ1v) is 4.17. The number of aliphatic carboxylic acids is 1. The minimum atomic E-state index is -1.50. The van der Waals surface area contributed by atoms with Gasteiger partial charge in [-0.3, -0.25) is 4.79 Å². The van der Waals surface area contributed by atoms with Crippen LogP contribution in [0.5, 0.6) is 0 Å². The van der Waals surface area contributed by atoms with Crippen molar-refractivity contribution in [2.75, 3.05) is 0 Å². The summed E-state index contributed by atoms with van der Waals surface area (Å²) < 4.78 is 0. The monoisotopic (exact) mass is 207 g/mol. The largest absolute Gasteiger partial charge is 0.481 e. The van der Waals surface area contributed by atoms with E-state index in [-0.39, 0.29) is 0 Å². The summed E-state index contributed by atoms with van der Waals surface area (Å²) in [5, 5.41) is 21.4. The van der Waals surface area contributed by atoms with Crippen LogP contribution in [0.25, 0.3) is 10.4 Å². The van der Waals surface area contributed by atoms with Gasteiger partial charge in [0, 0.05) is 4.91 Å². The molecule has 2 atom stereocenters. The number of aliphatic hydroxyl groups excluding tert-OH is 1. The number of hydrogen-bond acceptors (Lipinski definition) is 3. The van der Waals surface area contributed by atoms with Gasteiger partial charge in [-0.1, -0.05) is 35.4 Å². The highest BCUT2D eigenvalue weighted by molar-refractivity contribution is 5.74. The molecule has 6 heteroatoms. The Morgan fingerprint density at radius 1 is 1.40 bits per heavy atom. The Bertz CT molecular complexity index is 385. The number of azide groups is 1. The molecule has 0 saturated carbocycles. The number of carboxylic acids is 1. The van der Waals surface area contributed by atoms with Gasteiger partial charge in [-0.2, -0.15) is 0 Å². The van der Waals surface area contributed by atoms with Crippen molar-refractivity contribution >= 4 is 5.97 Å². The van der Waals surface area contributed by atoms with Crippen LogP contribution in [0, 0.1) is 0 Å². The molecule has 0 saturated heterocycles. The van der Waals surface area contributed by atoms with Crippen molar-refractivity contribution in [3.8, 4) is 0 Å². The maximum atomic E-state index is 10.7. The number of nitrogens with zero attached hydrogens (tertiary/aromatic N) is 3. The second-order valence-corrected chi connectivity index (χ2v) is 2.84. The number of hydrogen-bond donors (Lipinski definition) is 2. The molecule has 1 aromatic carbocycles. The number of carboxylic acid groups (broad SMARTS) is 1. The molecule has 1 aromatic rings. The molecule has 6 nitrogen and oxygen atoms in total. The predicted octanol–water partition coefficient (Wildman–Crippen LogP) is 1.48. The van der Waals surface area contributed by atoms with E-state index in [1.807, 2.05) is 0 Å². The number of rotatable bonds is 4. The molecule has 0 radical (unpaired) electrons. The van der Waals surface area contributed by atoms with Crippen molar-refractivity contribution in [2.45, 2.75) is 12.1 Å². The highest BCUT2D eigenvalue weighted by Gasteiger charge is 2.26. The molecule has 0 heterocycles. The van der Waals surface area contributed by atoms with Gasteiger partial charge in [-0.05, 0) is 11.1 Å². The molecule has 0 bridgehead atoms. The summed E-state index contributed by atoms with van der Waals surface area (Å²) in [6, 6.07) is 6.68. The van der Waals surface area contributed by atoms with Crippen LogP contribution in [-0.2, 0) is 4.79 Å². The van der Waals surface area contributed by atoms with E-state index in [1.54, 1.807) is 30.3 Å². The van der Waals surface area contributed by atoms with Crippen LogP contribution in [-0.4, -0.2) is 22.2 Å². The maximum Gasteiger partial charge on any atom is 0.315 e. The van der Waals surface area contributed by atoms with Crippen LogP contribution in [0.1, 0.15) is 11.7 Å². The Labute approximate surface area is 85.4 Å². The van der Waals surface area contributed by atoms with E-state index in [0.717, 1.165) is 0 Å². The zero-order chi connectivity index (χ0) is 11.3. The lowest BCUT2D eigenvalue weighted by Crippen LogP contribution is -2.25. The van der Waals surface area contributed by atoms with E-state index >= 15 is 0 Å². The van der Waals surface area contributed by atoms with Gasteiger partial charge in [0.1, 0.15) is 0 Å². The number of carbonyl (C=O) groups is 1. The third-order valence-corrected chi connectivity index (χ3v) is 1.87. The normalized spacial score (nSPS) is 13.7. The van der Waals surface area contributed by atoms with Gasteiger partial charge in [0.05, 0.1) is 6.10 Å². The summed E-state index contributed by atoms with van der Waals surface area (Å²) in [4.78, 5) is 13.1. The molecule has 0 fully saturated rings. The topological polar surface area (TPSA) is 106 Å². The number of aliphatic hydroxyl groups is 1. The van der Waals surface area contributed by atoms with Gasteiger partial charge in [-0.25, -0.2) is 0 Å². The smallest absolute Gasteiger partial charge is 0.315 e. The Morgan fingerprint density at radius 3 is 2.47 bits per heavy atom. The van der Waals surface area contributed by atoms with Gasteiger partial charge in [0.2, 0.25) is 0 Å². The van der Waals surface area contributed by atoms with Crippen LogP contribution in [0.15, 0.2) is 35.4 Å². The van der Waals surface area contributed by atoms with Crippen LogP contribution in [0.2, 0.25) is 0 Å². The molecule has 0 aliphatic rings. The molecule has 0 spiro atoms. The molecule has 0 aromatic heterocycles. The quantitative estimate of drug-likeness (QED) is 0.443. The fraction of sp³-hybridized carbons (Fsp3) is 0.222. The predicted molar refractivity (Wildman–Crippen MR) is 52.0 cm³/mol. The summed E-state index contributed by atoms with van der Waals surface area (Å²) in [6.45, 7) is 0. The Morgan fingerprint density at radius 2 is 2.00 bits per heavy atom. The number of benzene rings is 1. The van der Waals surface area contributed by atoms with E-state index in [4.69, 9.17) is 10.6 Å². The lowest BCUT2D eigenvalue weighted by atomic mass is 10.0. The average Bonchev–Trinajstić information content (AvgIpc) is 2.26. The molecule has 2 N–H and O–H groups in total. The molecule has 0 amide bonds. The highest BCUT2D eigenvalue weighted by Crippen LogP contribution is 2.19. The fourth-order valence-electron chi connectivity index (χ4n) is 1.14. The zero-order valence-electron chi connectivity index (χ0n) is 7.69. The molecule has 15 heavy (non-hydrogen) atoms. The Hall–Kier alpha value is -2.04. The highest BCUT2D eigenvalue weighted by atomic mass is 16.4. The lowest BCUT2D eigenvalue weighted by Gasteiger charge is -2.14. The summed E-state index contributed by atoms with van der Waals surface area (Å²) in [7, 11) is 0. The molecule has 0 aliphatic carbocycles. The van der Waals surface area contributed by atoms with Gasteiger partial charge < -0.3 is 10.2 Å². The lowest BCUT2D eigenvalue weighted by molar-refractivity contribution is -0.141. The summed E-state index contributed by atoms with van der Waals surface area (Å²) in [5.74, 6) is -1.36. The second-order valence-electron chi connectivity index (χ2n) is 2.84. The van der Waals surface area contributed by atoms with Crippen LogP contribution in [0.4, 0.5) is 0 Å². The minimum Gasteiger partial charge on any atom is -0.481 e. The average molecular weight is 207 g/mol. The van der Waals surface area contributed by atoms with E-state index in [0.29, 0.717) is 5.56 Å². The summed E-state index contributed by atoms with van der Waals surface area (Å²) in [6.07, 6.45) is -1.33. The third kappa shape index (κ3) is 2.70. The standard InChI is InChI=1S/C9H9N3O3/c10-12-11-7(9(14)15)8(13)6-4-2-1-3-5-6/h1-5,7-8,13H,(H,14,15)/t7-,8-/m0/s1. The van der Waals surface area contributed by atoms with Crippen molar-refractivity contribution in [2.24, 2.45) is 5.11 Å². The maximum absolute atomic E-state index is 10.7. The van der Waals surface area contributed by atoms with Crippen molar-refractivity contribution in [3.05, 3.63) is 46.3 Å². The molecule has 1 rings (SSSR count). The SMILES string of the molecule is [N-]=[N+]=N[C@H](C(=O)O)[C@@H](O)c1ccccc1. The first-order valence-electron chi connectivity index (χ1n) is 4.17. The van der Waals surface area contributed by atoms with E-state index in [1.165, 1.54) is 0 Å². The summed E-state index contributed by atoms with van der Waals surface area (Å²) >= 11 is 0. The molecular weight excluding hydrogens is 198 g/mol. The molecule has 78 valence electrons. The first kappa shape index (κ1) is 11.0. The van der Waals surface area contributed by atoms with Crippen molar-refractivity contribution in [1.29, 1.82) is 0 Å². The van der Waals surface area contributed by atoms with Crippen LogP contribution in [0.3, 0.4) is 0 Å². The van der Waals surface area contributed by atoms with Gasteiger partial charge in [0.15, 0.2) is 6.04 Å². The first-order chi connectivity index (χ1) is 7.16. The van der Waals surface area contributed by atoms with E-state index in [9.17, 15) is 9.90 Å². The second kappa shape index (κ2) is 4.99. The van der Waals surface area contributed by atoms with Crippen molar-refractivity contribution in [1.82, 2.24) is 0 Å². The van der Waals surface area contributed by atoms with Crippen LogP contribution >= 0.6 is 0 Å². The third-order valence-electron chi connectivity index (χ3n) is 1.87. The Kier molecular flexibility index (Phi) is 3.68. The molecular formula is C9H9N3O3. The van der Waals surface area contributed by atoms with Crippen molar-refractivity contribution in [3.63, 3.8) is 0 Å². The minimum absolute atomic E-state index is 0.400. The van der Waals surface area contributed by atoms with E-state index in [2.05, 4.69) is 10.0 Å². The Balaban J connectivity index is 2.95. The van der Waals surface area contributed by atoms with Gasteiger partial charge in [0.25, 0.3) is 0 Å². The van der Waals surface area contributed by atoms with Gasteiger partial charge >= 0.3 is 5.97 Å². The van der Waals surface area contributed by atoms with E-state index < -0.39 is 18.1 Å². The van der Waals surface area contributed by atoms with Gasteiger partial charge in [-0.15, -0.1) is 0 Å². The molecule has 0 unspecified atom stereocenters. The summed E-state index contributed by atoms with van der Waals surface area (Å²) in [5.41, 5.74) is 8.57. The van der Waals surface area contributed by atoms with Crippen molar-refractivity contribution < 1.29 is 15.0 Å². The van der Waals surface area contributed by atoms with Crippen LogP contribution < -0.4 is 0 Å². The molecule has 0 aliphatic heterocycles.